The van der Waals surface area contributed by atoms with Gasteiger partial charge in [0.25, 0.3) is 0 Å². The summed E-state index contributed by atoms with van der Waals surface area (Å²) in [7, 11) is 2.03. The third-order valence-corrected chi connectivity index (χ3v) is 3.15. The van der Waals surface area contributed by atoms with Crippen molar-refractivity contribution in [2.24, 2.45) is 0 Å². The Bertz CT molecular complexity index is 536. The predicted molar refractivity (Wildman–Crippen MR) is 67.6 cm³/mol. The Balaban J connectivity index is 1.96. The number of para-hydroxylation sites is 2. The Kier molecular flexibility index (Phi) is 2.25. The van der Waals surface area contributed by atoms with Crippen molar-refractivity contribution in [3.63, 3.8) is 0 Å². The van der Waals surface area contributed by atoms with Gasteiger partial charge >= 0.3 is 0 Å². The van der Waals surface area contributed by atoms with Crippen LogP contribution < -0.4 is 10.2 Å². The summed E-state index contributed by atoms with van der Waals surface area (Å²) in [6, 6.07) is 14.8. The van der Waals surface area contributed by atoms with Crippen LogP contribution in [0.15, 0.2) is 48.5 Å². The van der Waals surface area contributed by atoms with E-state index in [4.69, 9.17) is 0 Å². The minimum absolute atomic E-state index is 0.0769. The smallest absolute Gasteiger partial charge is 0.125 e. The molecule has 1 N–H and O–H groups in total. The summed E-state index contributed by atoms with van der Waals surface area (Å²) in [5.74, 6) is -0.202. The quantitative estimate of drug-likeness (QED) is 0.804. The van der Waals surface area contributed by atoms with Crippen LogP contribution in [-0.2, 0) is 0 Å². The second-order valence-electron chi connectivity index (χ2n) is 4.23. The molecule has 86 valence electrons. The molecule has 3 heteroatoms. The van der Waals surface area contributed by atoms with Gasteiger partial charge in [-0.05, 0) is 29.8 Å². The standard InChI is InChI=1S/C14H13FN2/c1-17-13-5-3-2-4-12(13)16-14(17)10-6-8-11(15)9-7-10/h2-9,14,16H,1H3. The lowest BCUT2D eigenvalue weighted by atomic mass is 10.1. The monoisotopic (exact) mass is 228 g/mol. The number of rotatable bonds is 1. The van der Waals surface area contributed by atoms with Gasteiger partial charge in [-0.2, -0.15) is 0 Å². The molecular formula is C14H13FN2. The molecule has 2 aromatic carbocycles. The summed E-state index contributed by atoms with van der Waals surface area (Å²) in [6.07, 6.45) is 0.0769. The average molecular weight is 228 g/mol. The highest BCUT2D eigenvalue weighted by atomic mass is 19.1. The van der Waals surface area contributed by atoms with Crippen LogP contribution in [0.5, 0.6) is 0 Å². The molecule has 0 saturated heterocycles. The molecule has 0 bridgehead atoms. The maximum absolute atomic E-state index is 12.9. The molecule has 2 aromatic rings. The molecule has 0 amide bonds. The van der Waals surface area contributed by atoms with Crippen LogP contribution in [-0.4, -0.2) is 7.05 Å². The molecule has 0 aromatic heterocycles. The summed E-state index contributed by atoms with van der Waals surface area (Å²) >= 11 is 0. The molecule has 3 rings (SSSR count). The van der Waals surface area contributed by atoms with Crippen molar-refractivity contribution in [3.05, 3.63) is 59.9 Å². The van der Waals surface area contributed by atoms with E-state index in [-0.39, 0.29) is 12.0 Å². The fourth-order valence-corrected chi connectivity index (χ4v) is 2.24. The number of benzene rings is 2. The topological polar surface area (TPSA) is 15.3 Å². The number of anilines is 2. The third kappa shape index (κ3) is 1.64. The van der Waals surface area contributed by atoms with Crippen molar-refractivity contribution in [2.75, 3.05) is 17.3 Å². The summed E-state index contributed by atoms with van der Waals surface area (Å²) < 4.78 is 12.9. The van der Waals surface area contributed by atoms with E-state index in [1.54, 1.807) is 0 Å². The first-order chi connectivity index (χ1) is 8.25. The van der Waals surface area contributed by atoms with Gasteiger partial charge < -0.3 is 10.2 Å². The number of halogens is 1. The van der Waals surface area contributed by atoms with E-state index < -0.39 is 0 Å². The molecule has 1 aliphatic heterocycles. The van der Waals surface area contributed by atoms with Gasteiger partial charge in [0.15, 0.2) is 0 Å². The minimum atomic E-state index is -0.202. The molecule has 1 unspecified atom stereocenters. The van der Waals surface area contributed by atoms with E-state index in [2.05, 4.69) is 22.3 Å². The second kappa shape index (κ2) is 3.77. The molecule has 17 heavy (non-hydrogen) atoms. The van der Waals surface area contributed by atoms with Gasteiger partial charge in [0, 0.05) is 7.05 Å². The third-order valence-electron chi connectivity index (χ3n) is 3.15. The van der Waals surface area contributed by atoms with Crippen molar-refractivity contribution in [1.29, 1.82) is 0 Å². The Morgan fingerprint density at radius 2 is 1.76 bits per heavy atom. The molecule has 0 aliphatic carbocycles. The largest absolute Gasteiger partial charge is 0.360 e. The van der Waals surface area contributed by atoms with Gasteiger partial charge in [-0.15, -0.1) is 0 Å². The first-order valence-corrected chi connectivity index (χ1v) is 5.59. The van der Waals surface area contributed by atoms with Crippen LogP contribution >= 0.6 is 0 Å². The Hall–Kier alpha value is -2.03. The van der Waals surface area contributed by atoms with E-state index >= 15 is 0 Å². The fraction of sp³-hybridized carbons (Fsp3) is 0.143. The summed E-state index contributed by atoms with van der Waals surface area (Å²) in [6.45, 7) is 0. The maximum Gasteiger partial charge on any atom is 0.125 e. The molecule has 0 radical (unpaired) electrons. The summed E-state index contributed by atoms with van der Waals surface area (Å²) in [4.78, 5) is 2.16. The molecule has 0 fully saturated rings. The molecule has 2 nitrogen and oxygen atoms in total. The van der Waals surface area contributed by atoms with Crippen LogP contribution in [0, 0.1) is 5.82 Å². The van der Waals surface area contributed by atoms with E-state index in [0.29, 0.717) is 0 Å². The predicted octanol–water partition coefficient (Wildman–Crippen LogP) is 3.39. The number of hydrogen-bond donors (Lipinski definition) is 1. The minimum Gasteiger partial charge on any atom is -0.360 e. The Labute approximate surface area is 99.7 Å². The lowest BCUT2D eigenvalue weighted by Gasteiger charge is -2.22. The van der Waals surface area contributed by atoms with Gasteiger partial charge in [0.05, 0.1) is 11.4 Å². The van der Waals surface area contributed by atoms with Crippen molar-refractivity contribution in [3.8, 4) is 0 Å². The molecule has 0 spiro atoms. The van der Waals surface area contributed by atoms with Gasteiger partial charge in [0.1, 0.15) is 12.0 Å². The van der Waals surface area contributed by atoms with Crippen LogP contribution in [0.2, 0.25) is 0 Å². The van der Waals surface area contributed by atoms with Crippen molar-refractivity contribution >= 4 is 11.4 Å². The molecule has 1 heterocycles. The molecule has 1 aliphatic rings. The average Bonchev–Trinajstić information content (AvgIpc) is 2.69. The fourth-order valence-electron chi connectivity index (χ4n) is 2.24. The maximum atomic E-state index is 12.9. The molecular weight excluding hydrogens is 215 g/mol. The normalized spacial score (nSPS) is 17.8. The number of nitrogens with zero attached hydrogens (tertiary/aromatic N) is 1. The van der Waals surface area contributed by atoms with Crippen molar-refractivity contribution in [2.45, 2.75) is 6.17 Å². The van der Waals surface area contributed by atoms with E-state index in [1.165, 1.54) is 17.8 Å². The first kappa shape index (κ1) is 10.1. The summed E-state index contributed by atoms with van der Waals surface area (Å²) in [5.41, 5.74) is 3.34. The highest BCUT2D eigenvalue weighted by molar-refractivity contribution is 5.76. The van der Waals surface area contributed by atoms with Crippen LogP contribution in [0.4, 0.5) is 15.8 Å². The van der Waals surface area contributed by atoms with Crippen molar-refractivity contribution in [1.82, 2.24) is 0 Å². The Morgan fingerprint density at radius 1 is 1.06 bits per heavy atom. The van der Waals surface area contributed by atoms with Gasteiger partial charge in [-0.3, -0.25) is 0 Å². The molecule has 1 atom stereocenters. The number of nitrogens with one attached hydrogen (secondary N) is 1. The summed E-state index contributed by atoms with van der Waals surface area (Å²) in [5, 5.41) is 3.42. The zero-order valence-electron chi connectivity index (χ0n) is 9.52. The van der Waals surface area contributed by atoms with E-state index in [9.17, 15) is 4.39 Å². The van der Waals surface area contributed by atoms with Gasteiger partial charge in [0.2, 0.25) is 0 Å². The van der Waals surface area contributed by atoms with Gasteiger partial charge in [-0.25, -0.2) is 4.39 Å². The highest BCUT2D eigenvalue weighted by Gasteiger charge is 2.26. The SMILES string of the molecule is CN1c2ccccc2NC1c1ccc(F)cc1. The van der Waals surface area contributed by atoms with Crippen LogP contribution in [0.3, 0.4) is 0 Å². The van der Waals surface area contributed by atoms with E-state index in [0.717, 1.165) is 11.3 Å². The van der Waals surface area contributed by atoms with Crippen LogP contribution in [0.1, 0.15) is 11.7 Å². The Morgan fingerprint density at radius 3 is 2.47 bits per heavy atom. The zero-order chi connectivity index (χ0) is 11.8. The number of hydrogen-bond acceptors (Lipinski definition) is 2. The zero-order valence-corrected chi connectivity index (χ0v) is 9.52. The lowest BCUT2D eigenvalue weighted by Crippen LogP contribution is -2.23. The molecule has 0 saturated carbocycles. The number of fused-ring (bicyclic) bond motifs is 1. The first-order valence-electron chi connectivity index (χ1n) is 5.59. The lowest BCUT2D eigenvalue weighted by molar-refractivity contribution is 0.626. The van der Waals surface area contributed by atoms with Crippen LogP contribution in [0.25, 0.3) is 0 Å². The van der Waals surface area contributed by atoms with Gasteiger partial charge in [-0.1, -0.05) is 24.3 Å². The second-order valence-corrected chi connectivity index (χ2v) is 4.23. The highest BCUT2D eigenvalue weighted by Crippen LogP contribution is 2.39. The van der Waals surface area contributed by atoms with E-state index in [1.807, 2.05) is 31.3 Å². The van der Waals surface area contributed by atoms with Crippen molar-refractivity contribution < 1.29 is 4.39 Å².